The number of hydrogen-bond acceptors (Lipinski definition) is 0. The quantitative estimate of drug-likeness (QED) is 0.0973. The molecule has 0 radical (unpaired) electrons. The van der Waals surface area contributed by atoms with Crippen LogP contribution in [0.25, 0.3) is 5.57 Å². The monoisotopic (exact) mass is 662 g/mol. The predicted molar refractivity (Wildman–Crippen MR) is 220 cm³/mol. The molecule has 1 heteroatoms. The lowest BCUT2D eigenvalue weighted by Crippen LogP contribution is -2.15. The Hall–Kier alpha value is -3.45. The van der Waals surface area contributed by atoms with Crippen LogP contribution >= 0.6 is 0 Å². The molecule has 0 unspecified atom stereocenters. The molecule has 1 aliphatic carbocycles. The zero-order valence-electron chi connectivity index (χ0n) is 33.2. The zero-order chi connectivity index (χ0) is 36.2. The first-order valence-electron chi connectivity index (χ1n) is 18.9. The molecule has 0 saturated heterocycles. The molecular formula is C48H69O+. The molecular weight excluding hydrogens is 593 g/mol. The molecule has 1 aromatic carbocycles. The number of allylic oxidation sites excluding steroid dienone is 17. The maximum atomic E-state index is 5.80. The maximum Gasteiger partial charge on any atom is 0.353 e. The van der Waals surface area contributed by atoms with E-state index in [0.29, 0.717) is 0 Å². The lowest BCUT2D eigenvalue weighted by Gasteiger charge is -2.19. The van der Waals surface area contributed by atoms with Gasteiger partial charge in [-0.25, -0.2) is 0 Å². The van der Waals surface area contributed by atoms with Crippen LogP contribution in [-0.4, -0.2) is 12.9 Å². The fraction of sp³-hybridized carbons (Fsp3) is 0.479. The smallest absolute Gasteiger partial charge is 0.257 e. The molecule has 0 bridgehead atoms. The van der Waals surface area contributed by atoms with Crippen LogP contribution < -0.4 is 0 Å². The van der Waals surface area contributed by atoms with Crippen LogP contribution in [0.4, 0.5) is 0 Å². The van der Waals surface area contributed by atoms with Crippen molar-refractivity contribution in [2.45, 2.75) is 146 Å². The van der Waals surface area contributed by atoms with Crippen molar-refractivity contribution in [2.75, 3.05) is 7.11 Å². The van der Waals surface area contributed by atoms with Crippen molar-refractivity contribution in [2.24, 2.45) is 0 Å². The summed E-state index contributed by atoms with van der Waals surface area (Å²) in [4.78, 5) is 0. The number of rotatable bonds is 20. The molecule has 0 amide bonds. The number of benzene rings is 1. The van der Waals surface area contributed by atoms with E-state index in [4.69, 9.17) is 4.42 Å². The summed E-state index contributed by atoms with van der Waals surface area (Å²) in [6.07, 6.45) is 31.6. The Kier molecular flexibility index (Phi) is 19.6. The van der Waals surface area contributed by atoms with Gasteiger partial charge < -0.3 is 0 Å². The third-order valence-electron chi connectivity index (χ3n) is 9.76. The molecule has 0 atom stereocenters. The second kappa shape index (κ2) is 23.0. The first-order valence-corrected chi connectivity index (χ1v) is 18.9. The average molecular weight is 662 g/mol. The maximum absolute atomic E-state index is 5.80. The second-order valence-corrected chi connectivity index (χ2v) is 14.7. The minimum Gasteiger partial charge on any atom is -0.257 e. The third-order valence-corrected chi connectivity index (χ3v) is 9.76. The van der Waals surface area contributed by atoms with Crippen molar-refractivity contribution in [1.29, 1.82) is 0 Å². The van der Waals surface area contributed by atoms with E-state index in [0.717, 1.165) is 74.7 Å². The molecule has 0 N–H and O–H groups in total. The Balaban J connectivity index is 1.67. The van der Waals surface area contributed by atoms with E-state index in [1.165, 1.54) is 81.4 Å². The predicted octanol–water partition coefficient (Wildman–Crippen LogP) is 15.1. The Morgan fingerprint density at radius 2 is 0.878 bits per heavy atom. The molecule has 1 aromatic rings. The van der Waals surface area contributed by atoms with Crippen LogP contribution in [0.5, 0.6) is 0 Å². The molecule has 0 spiro atoms. The van der Waals surface area contributed by atoms with Gasteiger partial charge in [-0.3, -0.25) is 4.42 Å². The van der Waals surface area contributed by atoms with Gasteiger partial charge in [-0.05, 0) is 169 Å². The van der Waals surface area contributed by atoms with Gasteiger partial charge in [0.2, 0.25) is 0 Å². The number of hydrogen-bond donors (Lipinski definition) is 0. The lowest BCUT2D eigenvalue weighted by molar-refractivity contribution is -0.223. The minimum atomic E-state index is 0.894. The molecule has 0 saturated carbocycles. The van der Waals surface area contributed by atoms with E-state index in [1.54, 1.807) is 7.11 Å². The third kappa shape index (κ3) is 16.2. The van der Waals surface area contributed by atoms with E-state index >= 15 is 0 Å². The fourth-order valence-corrected chi connectivity index (χ4v) is 6.42. The van der Waals surface area contributed by atoms with E-state index in [1.807, 2.05) is 0 Å². The standard InChI is InChI=1S/C48H69O/c1-36(2)20-14-21-37(3)22-15-23-38(4)24-16-25-39(5)26-17-27-40(6)28-18-29-41(7)30-19-31-42(8)34-35-45-43(9)46-32-12-13-33-47(46)48(49-11)44(45)10/h12-13,20,22,24,26,28,30,32-34H,9,14-19,21,23,25,27,29,31,35H2,1-8,10-11H3/q+1/b37-22+,38-24+,39-26+,40-28+,41-30+,42-34+. The van der Waals surface area contributed by atoms with E-state index in [-0.39, 0.29) is 0 Å². The molecule has 0 heterocycles. The van der Waals surface area contributed by atoms with E-state index in [9.17, 15) is 0 Å². The SMILES string of the molecule is C=C1C(C/C=C(\C)CC/C=C(\C)CC/C=C(\C)CC/C=C(\C)CC/C=C(\C)CC/C=C(\C)CCC=C(C)C)=C(C)C(=[O+]C)c2ccccc21. The van der Waals surface area contributed by atoms with Crippen molar-refractivity contribution >= 4 is 11.4 Å². The van der Waals surface area contributed by atoms with Gasteiger partial charge in [0.15, 0.2) is 0 Å². The summed E-state index contributed by atoms with van der Waals surface area (Å²) in [6, 6.07) is 8.43. The highest BCUT2D eigenvalue weighted by Gasteiger charge is 2.30. The van der Waals surface area contributed by atoms with E-state index < -0.39 is 0 Å². The van der Waals surface area contributed by atoms with Gasteiger partial charge in [-0.2, -0.15) is 0 Å². The minimum absolute atomic E-state index is 0.894. The largest absolute Gasteiger partial charge is 0.353 e. The average Bonchev–Trinajstić information content (AvgIpc) is 3.04. The summed E-state index contributed by atoms with van der Waals surface area (Å²) in [5.41, 5.74) is 16.4. The Bertz CT molecular complexity index is 1510. The Labute approximate surface area is 302 Å². The molecule has 0 aromatic heterocycles. The zero-order valence-corrected chi connectivity index (χ0v) is 33.2. The Morgan fingerprint density at radius 3 is 1.24 bits per heavy atom. The molecule has 0 aliphatic heterocycles. The molecule has 1 nitrogen and oxygen atoms in total. The van der Waals surface area contributed by atoms with Gasteiger partial charge in [0.25, 0.3) is 7.11 Å². The summed E-state index contributed by atoms with van der Waals surface area (Å²) in [7, 11) is 1.77. The lowest BCUT2D eigenvalue weighted by atomic mass is 9.81. The highest BCUT2D eigenvalue weighted by Crippen LogP contribution is 2.36. The summed E-state index contributed by atoms with van der Waals surface area (Å²) >= 11 is 0. The van der Waals surface area contributed by atoms with Gasteiger partial charge in [0.05, 0.1) is 11.1 Å². The van der Waals surface area contributed by atoms with E-state index in [2.05, 4.69) is 136 Å². The van der Waals surface area contributed by atoms with Crippen LogP contribution in [0.2, 0.25) is 0 Å². The number of carbonyl (C=O) groups excluding carboxylic acids is 1. The Morgan fingerprint density at radius 1 is 0.531 bits per heavy atom. The summed E-state index contributed by atoms with van der Waals surface area (Å²) in [5.74, 6) is 0.975. The van der Waals surface area contributed by atoms with Crippen molar-refractivity contribution in [3.05, 3.63) is 135 Å². The topological polar surface area (TPSA) is 11.3 Å². The van der Waals surface area contributed by atoms with Crippen molar-refractivity contribution in [1.82, 2.24) is 0 Å². The number of fused-ring (bicyclic) bond motifs is 1. The first kappa shape index (κ1) is 41.7. The number of ketones is 1. The van der Waals surface area contributed by atoms with Crippen LogP contribution in [0.3, 0.4) is 0 Å². The van der Waals surface area contributed by atoms with Crippen molar-refractivity contribution in [3.63, 3.8) is 0 Å². The second-order valence-electron chi connectivity index (χ2n) is 14.7. The normalized spacial score (nSPS) is 16.1. The summed E-state index contributed by atoms with van der Waals surface area (Å²) in [6.45, 7) is 24.7. The molecule has 0 fully saturated rings. The van der Waals surface area contributed by atoms with Gasteiger partial charge >= 0.3 is 5.78 Å². The highest BCUT2D eigenvalue weighted by atomic mass is 16.4. The molecule has 1 aliphatic rings. The van der Waals surface area contributed by atoms with Gasteiger partial charge in [-0.15, -0.1) is 0 Å². The highest BCUT2D eigenvalue weighted by molar-refractivity contribution is 6.17. The van der Waals surface area contributed by atoms with Crippen LogP contribution in [-0.2, 0) is 0 Å². The fourth-order valence-electron chi connectivity index (χ4n) is 6.42. The van der Waals surface area contributed by atoms with Crippen molar-refractivity contribution in [3.8, 4) is 0 Å². The molecule has 49 heavy (non-hydrogen) atoms. The van der Waals surface area contributed by atoms with Gasteiger partial charge in [0.1, 0.15) is 0 Å². The summed E-state index contributed by atoms with van der Waals surface area (Å²) < 4.78 is 5.80. The summed E-state index contributed by atoms with van der Waals surface area (Å²) in [5, 5.41) is 0. The molecule has 2 rings (SSSR count). The van der Waals surface area contributed by atoms with Crippen molar-refractivity contribution < 1.29 is 4.42 Å². The van der Waals surface area contributed by atoms with Crippen LogP contribution in [0.1, 0.15) is 161 Å². The van der Waals surface area contributed by atoms with Crippen LogP contribution in [0, 0.1) is 0 Å². The first-order chi connectivity index (χ1) is 23.4. The van der Waals surface area contributed by atoms with Gasteiger partial charge in [-0.1, -0.05) is 106 Å². The van der Waals surface area contributed by atoms with Gasteiger partial charge in [0, 0.05) is 0 Å². The van der Waals surface area contributed by atoms with Crippen LogP contribution in [0.15, 0.2) is 124 Å². The molecule has 266 valence electrons.